The first kappa shape index (κ1) is 21.4. The summed E-state index contributed by atoms with van der Waals surface area (Å²) >= 11 is 3.76. The SMILES string of the molecule is Cc1ccccc1N1C[C@H](C(=O)Nc2nnc(SCC(=O)Nc3nccs3)s2)CC1=O. The molecule has 0 saturated carbocycles. The van der Waals surface area contributed by atoms with E-state index in [4.69, 9.17) is 0 Å². The van der Waals surface area contributed by atoms with E-state index in [2.05, 4.69) is 25.8 Å². The van der Waals surface area contributed by atoms with Crippen LogP contribution in [0, 0.1) is 12.8 Å². The van der Waals surface area contributed by atoms with Crippen LogP contribution in [0.1, 0.15) is 12.0 Å². The van der Waals surface area contributed by atoms with Gasteiger partial charge in [0, 0.05) is 30.2 Å². The fourth-order valence-electron chi connectivity index (χ4n) is 3.08. The minimum atomic E-state index is -0.462. The van der Waals surface area contributed by atoms with Crippen molar-refractivity contribution in [3.8, 4) is 0 Å². The molecule has 160 valence electrons. The van der Waals surface area contributed by atoms with E-state index in [0.29, 0.717) is 21.1 Å². The molecule has 2 aromatic heterocycles. The monoisotopic (exact) mass is 474 g/mol. The lowest BCUT2D eigenvalue weighted by molar-refractivity contribution is -0.122. The standard InChI is InChI=1S/C19H18N6O3S3/c1-11-4-2-3-5-13(11)25-9-12(8-15(25)27)16(28)22-18-23-24-19(31-18)30-10-14(26)21-17-20-6-7-29-17/h2-7,12H,8-10H2,1H3,(H,20,21,26)(H,22,23,28)/t12-/m1/s1. The van der Waals surface area contributed by atoms with Crippen molar-refractivity contribution in [3.63, 3.8) is 0 Å². The van der Waals surface area contributed by atoms with Crippen LogP contribution < -0.4 is 15.5 Å². The number of thiazole rings is 1. The Hall–Kier alpha value is -2.83. The molecule has 3 aromatic rings. The summed E-state index contributed by atoms with van der Waals surface area (Å²) in [6.07, 6.45) is 1.77. The van der Waals surface area contributed by atoms with E-state index in [-0.39, 0.29) is 29.9 Å². The zero-order valence-electron chi connectivity index (χ0n) is 16.4. The van der Waals surface area contributed by atoms with Crippen molar-refractivity contribution in [2.45, 2.75) is 17.7 Å². The van der Waals surface area contributed by atoms with Crippen LogP contribution in [0.3, 0.4) is 0 Å². The van der Waals surface area contributed by atoms with E-state index in [1.54, 1.807) is 16.5 Å². The summed E-state index contributed by atoms with van der Waals surface area (Å²) in [7, 11) is 0. The van der Waals surface area contributed by atoms with Crippen molar-refractivity contribution >= 4 is 68.1 Å². The van der Waals surface area contributed by atoms with Gasteiger partial charge < -0.3 is 15.5 Å². The van der Waals surface area contributed by atoms with Crippen LogP contribution in [-0.2, 0) is 14.4 Å². The quantitative estimate of drug-likeness (QED) is 0.399. The molecule has 4 rings (SSSR count). The van der Waals surface area contributed by atoms with Gasteiger partial charge in [0.1, 0.15) is 0 Å². The number of para-hydroxylation sites is 1. The average molecular weight is 475 g/mol. The molecule has 1 fully saturated rings. The Kier molecular flexibility index (Phi) is 6.59. The van der Waals surface area contributed by atoms with Gasteiger partial charge in [0.15, 0.2) is 9.47 Å². The first-order valence-corrected chi connectivity index (χ1v) is 12.0. The zero-order valence-corrected chi connectivity index (χ0v) is 18.9. The molecule has 0 spiro atoms. The number of nitrogens with zero attached hydrogens (tertiary/aromatic N) is 4. The van der Waals surface area contributed by atoms with E-state index < -0.39 is 5.92 Å². The van der Waals surface area contributed by atoms with Crippen LogP contribution in [0.25, 0.3) is 0 Å². The highest BCUT2D eigenvalue weighted by molar-refractivity contribution is 8.01. The number of hydrogen-bond donors (Lipinski definition) is 2. The van der Waals surface area contributed by atoms with E-state index in [1.807, 2.05) is 31.2 Å². The lowest BCUT2D eigenvalue weighted by Crippen LogP contribution is -2.28. The Morgan fingerprint density at radius 1 is 1.23 bits per heavy atom. The molecule has 1 aliphatic rings. The van der Waals surface area contributed by atoms with Crippen molar-refractivity contribution in [1.82, 2.24) is 15.2 Å². The minimum Gasteiger partial charge on any atom is -0.311 e. The summed E-state index contributed by atoms with van der Waals surface area (Å²) in [4.78, 5) is 42.7. The van der Waals surface area contributed by atoms with E-state index in [1.165, 1.54) is 34.4 Å². The summed E-state index contributed by atoms with van der Waals surface area (Å²) in [6.45, 7) is 2.26. The van der Waals surface area contributed by atoms with Crippen LogP contribution in [0.2, 0.25) is 0 Å². The second kappa shape index (κ2) is 9.54. The normalized spacial score (nSPS) is 15.8. The van der Waals surface area contributed by atoms with Gasteiger partial charge in [-0.15, -0.1) is 21.5 Å². The Balaban J connectivity index is 1.29. The number of hydrogen-bond acceptors (Lipinski definition) is 9. The molecule has 0 radical (unpaired) electrons. The second-order valence-corrected chi connectivity index (χ2v) is 9.82. The number of carbonyl (C=O) groups is 3. The summed E-state index contributed by atoms with van der Waals surface area (Å²) in [5, 5.41) is 16.1. The summed E-state index contributed by atoms with van der Waals surface area (Å²) in [5.74, 6) is -0.837. The maximum Gasteiger partial charge on any atom is 0.236 e. The molecular weight excluding hydrogens is 456 g/mol. The van der Waals surface area contributed by atoms with Gasteiger partial charge in [0.2, 0.25) is 22.9 Å². The van der Waals surface area contributed by atoms with Gasteiger partial charge in [-0.2, -0.15) is 0 Å². The van der Waals surface area contributed by atoms with Crippen LogP contribution in [-0.4, -0.2) is 45.2 Å². The molecular formula is C19H18N6O3S3. The molecule has 3 heterocycles. The van der Waals surface area contributed by atoms with Crippen LogP contribution in [0.4, 0.5) is 16.0 Å². The molecule has 1 aliphatic heterocycles. The highest BCUT2D eigenvalue weighted by Gasteiger charge is 2.36. The second-order valence-electron chi connectivity index (χ2n) is 6.73. The molecule has 0 aliphatic carbocycles. The smallest absolute Gasteiger partial charge is 0.236 e. The topological polar surface area (TPSA) is 117 Å². The number of amides is 3. The number of nitrogens with one attached hydrogen (secondary N) is 2. The zero-order chi connectivity index (χ0) is 21.8. The maximum atomic E-state index is 12.6. The molecule has 12 heteroatoms. The number of carbonyl (C=O) groups excluding carboxylic acids is 3. The highest BCUT2D eigenvalue weighted by Crippen LogP contribution is 2.30. The molecule has 0 bridgehead atoms. The van der Waals surface area contributed by atoms with Gasteiger partial charge in [-0.3, -0.25) is 14.4 Å². The molecule has 31 heavy (non-hydrogen) atoms. The van der Waals surface area contributed by atoms with Gasteiger partial charge in [0.05, 0.1) is 11.7 Å². The average Bonchev–Trinajstić information content (AvgIpc) is 3.49. The number of aryl methyl sites for hydroxylation is 1. The minimum absolute atomic E-state index is 0.0748. The van der Waals surface area contributed by atoms with Crippen LogP contribution >= 0.6 is 34.4 Å². The third kappa shape index (κ3) is 5.27. The van der Waals surface area contributed by atoms with Crippen molar-refractivity contribution < 1.29 is 14.4 Å². The maximum absolute atomic E-state index is 12.6. The molecule has 1 saturated heterocycles. The van der Waals surface area contributed by atoms with Crippen molar-refractivity contribution in [3.05, 3.63) is 41.4 Å². The Labute approximate surface area is 190 Å². The van der Waals surface area contributed by atoms with Gasteiger partial charge in [-0.1, -0.05) is 41.3 Å². The Morgan fingerprint density at radius 2 is 2.06 bits per heavy atom. The highest BCUT2D eigenvalue weighted by atomic mass is 32.2. The lowest BCUT2D eigenvalue weighted by atomic mass is 10.1. The van der Waals surface area contributed by atoms with E-state index in [9.17, 15) is 14.4 Å². The van der Waals surface area contributed by atoms with Crippen molar-refractivity contribution in [2.75, 3.05) is 27.8 Å². The van der Waals surface area contributed by atoms with Gasteiger partial charge in [-0.05, 0) is 18.6 Å². The lowest BCUT2D eigenvalue weighted by Gasteiger charge is -2.18. The van der Waals surface area contributed by atoms with E-state index >= 15 is 0 Å². The Morgan fingerprint density at radius 3 is 2.84 bits per heavy atom. The molecule has 1 aromatic carbocycles. The number of benzene rings is 1. The predicted molar refractivity (Wildman–Crippen MR) is 122 cm³/mol. The summed E-state index contributed by atoms with van der Waals surface area (Å²) in [5.41, 5.74) is 1.81. The van der Waals surface area contributed by atoms with Crippen LogP contribution in [0.15, 0.2) is 40.2 Å². The first-order valence-electron chi connectivity index (χ1n) is 9.32. The molecule has 3 amide bonds. The van der Waals surface area contributed by atoms with Gasteiger partial charge >= 0.3 is 0 Å². The number of anilines is 3. The predicted octanol–water partition coefficient (Wildman–Crippen LogP) is 3.03. The molecule has 1 atom stereocenters. The van der Waals surface area contributed by atoms with Gasteiger partial charge in [0.25, 0.3) is 0 Å². The van der Waals surface area contributed by atoms with E-state index in [0.717, 1.165) is 11.3 Å². The fourth-order valence-corrected chi connectivity index (χ4v) is 5.18. The molecule has 9 nitrogen and oxygen atoms in total. The third-order valence-corrected chi connectivity index (χ3v) is 7.20. The summed E-state index contributed by atoms with van der Waals surface area (Å²) in [6, 6.07) is 7.61. The molecule has 0 unspecified atom stereocenters. The molecule has 2 N–H and O–H groups in total. The fraction of sp³-hybridized carbons (Fsp3) is 0.263. The third-order valence-electron chi connectivity index (χ3n) is 4.54. The largest absolute Gasteiger partial charge is 0.311 e. The number of thioether (sulfide) groups is 1. The van der Waals surface area contributed by atoms with Crippen LogP contribution in [0.5, 0.6) is 0 Å². The Bertz CT molecular complexity index is 1100. The number of rotatable bonds is 7. The van der Waals surface area contributed by atoms with Gasteiger partial charge in [-0.25, -0.2) is 4.98 Å². The summed E-state index contributed by atoms with van der Waals surface area (Å²) < 4.78 is 0.564. The number of aromatic nitrogens is 3. The van der Waals surface area contributed by atoms with Crippen molar-refractivity contribution in [1.29, 1.82) is 0 Å². The van der Waals surface area contributed by atoms with Crippen molar-refractivity contribution in [2.24, 2.45) is 5.92 Å². The first-order chi connectivity index (χ1) is 15.0.